The van der Waals surface area contributed by atoms with Gasteiger partial charge in [-0.05, 0) is 29.3 Å². The van der Waals surface area contributed by atoms with Crippen LogP contribution in [0.2, 0.25) is 5.02 Å². The number of nitrogens with one attached hydrogen (secondary N) is 1. The molecule has 0 aliphatic carbocycles. The third-order valence-corrected chi connectivity index (χ3v) is 4.68. The molecule has 2 amide bonds. The Balaban J connectivity index is 2.16. The van der Waals surface area contributed by atoms with Gasteiger partial charge in [-0.25, -0.2) is 0 Å². The molecule has 2 atom stereocenters. The molecule has 0 heterocycles. The van der Waals surface area contributed by atoms with Crippen molar-refractivity contribution in [2.24, 2.45) is 5.73 Å². The van der Waals surface area contributed by atoms with Crippen molar-refractivity contribution >= 4 is 39.3 Å². The van der Waals surface area contributed by atoms with Crippen molar-refractivity contribution < 1.29 is 14.3 Å². The van der Waals surface area contributed by atoms with Gasteiger partial charge in [-0.2, -0.15) is 0 Å². The largest absolute Gasteiger partial charge is 0.368 e. The normalized spacial score (nSPS) is 13.1. The molecule has 7 heteroatoms. The van der Waals surface area contributed by atoms with Crippen LogP contribution >= 0.6 is 27.5 Å². The fourth-order valence-electron chi connectivity index (χ4n) is 2.41. The summed E-state index contributed by atoms with van der Waals surface area (Å²) in [6.07, 6.45) is -0.612. The summed E-state index contributed by atoms with van der Waals surface area (Å²) in [7, 11) is 1.43. The predicted octanol–water partition coefficient (Wildman–Crippen LogP) is 3.00. The fourth-order valence-corrected chi connectivity index (χ4v) is 3.02. The van der Waals surface area contributed by atoms with Crippen molar-refractivity contribution in [2.75, 3.05) is 7.11 Å². The Bertz CT molecular complexity index is 755. The van der Waals surface area contributed by atoms with E-state index in [-0.39, 0.29) is 6.42 Å². The summed E-state index contributed by atoms with van der Waals surface area (Å²) < 4.78 is 6.06. The van der Waals surface area contributed by atoms with Crippen molar-refractivity contribution in [3.8, 4) is 0 Å². The van der Waals surface area contributed by atoms with Crippen LogP contribution in [0, 0.1) is 0 Å². The highest BCUT2D eigenvalue weighted by atomic mass is 79.9. The van der Waals surface area contributed by atoms with Gasteiger partial charge in [0.05, 0.1) is 0 Å². The number of carbonyl (C=O) groups excluding carboxylic acids is 2. The Morgan fingerprint density at radius 1 is 1.24 bits per heavy atom. The van der Waals surface area contributed by atoms with Gasteiger partial charge in [-0.1, -0.05) is 57.9 Å². The van der Waals surface area contributed by atoms with Crippen LogP contribution in [0.1, 0.15) is 17.2 Å². The van der Waals surface area contributed by atoms with E-state index >= 15 is 0 Å². The molecule has 25 heavy (non-hydrogen) atoms. The van der Waals surface area contributed by atoms with Gasteiger partial charge in [0.15, 0.2) is 6.10 Å². The number of primary amides is 1. The summed E-state index contributed by atoms with van der Waals surface area (Å²) in [5.74, 6) is -1.07. The Kier molecular flexibility index (Phi) is 6.99. The summed E-state index contributed by atoms with van der Waals surface area (Å²) in [6, 6.07) is 13.4. The van der Waals surface area contributed by atoms with Crippen LogP contribution in [-0.4, -0.2) is 25.0 Å². The van der Waals surface area contributed by atoms with Crippen LogP contribution in [0.5, 0.6) is 0 Å². The van der Waals surface area contributed by atoms with Gasteiger partial charge in [0.1, 0.15) is 6.04 Å². The highest BCUT2D eigenvalue weighted by molar-refractivity contribution is 9.10. The molecule has 0 saturated carbocycles. The molecule has 0 radical (unpaired) electrons. The second-order valence-corrected chi connectivity index (χ2v) is 6.72. The van der Waals surface area contributed by atoms with E-state index in [2.05, 4.69) is 21.2 Å². The zero-order valence-corrected chi connectivity index (χ0v) is 15.9. The molecule has 0 spiro atoms. The van der Waals surface area contributed by atoms with E-state index in [0.29, 0.717) is 10.6 Å². The Hall–Kier alpha value is -1.89. The number of ether oxygens (including phenoxy) is 1. The van der Waals surface area contributed by atoms with E-state index in [1.807, 2.05) is 18.2 Å². The van der Waals surface area contributed by atoms with E-state index in [9.17, 15) is 9.59 Å². The molecule has 0 aliphatic rings. The smallest absolute Gasteiger partial charge is 0.254 e. The van der Waals surface area contributed by atoms with E-state index in [1.165, 1.54) is 7.11 Å². The Morgan fingerprint density at radius 3 is 2.52 bits per heavy atom. The number of halogens is 2. The standard InChI is InChI=1S/C18H18BrClN2O3/c1-25-16(11-5-3-2-4-6-11)18(24)22-15(17(21)23)10-12-9-13(20)7-8-14(12)19/h2-9,15-16H,10H2,1H3,(H2,21,23)(H,22,24)/t15-,16-/m1/s1. The highest BCUT2D eigenvalue weighted by Crippen LogP contribution is 2.23. The number of methoxy groups -OCH3 is 1. The number of hydrogen-bond acceptors (Lipinski definition) is 3. The maximum atomic E-state index is 12.5. The van der Waals surface area contributed by atoms with Gasteiger partial charge in [-0.15, -0.1) is 0 Å². The maximum Gasteiger partial charge on any atom is 0.254 e. The molecule has 0 unspecified atom stereocenters. The molecular formula is C18H18BrClN2O3. The fraction of sp³-hybridized carbons (Fsp3) is 0.222. The lowest BCUT2D eigenvalue weighted by Gasteiger charge is -2.21. The second-order valence-electron chi connectivity index (χ2n) is 5.43. The van der Waals surface area contributed by atoms with E-state index in [4.69, 9.17) is 22.1 Å². The number of rotatable bonds is 7. The minimum absolute atomic E-state index is 0.216. The molecule has 0 saturated heterocycles. The maximum absolute atomic E-state index is 12.5. The average Bonchev–Trinajstić information content (AvgIpc) is 2.59. The second kappa shape index (κ2) is 8.99. The number of nitrogens with two attached hydrogens (primary N) is 1. The van der Waals surface area contributed by atoms with Crippen molar-refractivity contribution in [3.63, 3.8) is 0 Å². The molecule has 0 fully saturated rings. The molecule has 0 aliphatic heterocycles. The van der Waals surface area contributed by atoms with Crippen LogP contribution in [0.4, 0.5) is 0 Å². The number of benzene rings is 2. The van der Waals surface area contributed by atoms with Crippen molar-refractivity contribution in [1.82, 2.24) is 5.32 Å². The zero-order chi connectivity index (χ0) is 18.4. The minimum Gasteiger partial charge on any atom is -0.368 e. The molecule has 5 nitrogen and oxygen atoms in total. The third-order valence-electron chi connectivity index (χ3n) is 3.67. The molecule has 2 rings (SSSR count). The van der Waals surface area contributed by atoms with Crippen LogP contribution < -0.4 is 11.1 Å². The first-order chi connectivity index (χ1) is 11.9. The minimum atomic E-state index is -0.886. The van der Waals surface area contributed by atoms with Crippen LogP contribution in [0.3, 0.4) is 0 Å². The molecule has 2 aromatic rings. The first kappa shape index (κ1) is 19.4. The van der Waals surface area contributed by atoms with Gasteiger partial charge in [0.2, 0.25) is 5.91 Å². The van der Waals surface area contributed by atoms with Crippen molar-refractivity contribution in [2.45, 2.75) is 18.6 Å². The Labute approximate surface area is 159 Å². The molecule has 132 valence electrons. The summed E-state index contributed by atoms with van der Waals surface area (Å²) in [5.41, 5.74) is 6.92. The van der Waals surface area contributed by atoms with Crippen molar-refractivity contribution in [3.05, 3.63) is 69.2 Å². The van der Waals surface area contributed by atoms with Crippen LogP contribution in [0.25, 0.3) is 0 Å². The van der Waals surface area contributed by atoms with E-state index in [1.54, 1.807) is 30.3 Å². The number of carbonyl (C=O) groups is 2. The van der Waals surface area contributed by atoms with Gasteiger partial charge >= 0.3 is 0 Å². The summed E-state index contributed by atoms with van der Waals surface area (Å²) in [4.78, 5) is 24.4. The molecular weight excluding hydrogens is 408 g/mol. The van der Waals surface area contributed by atoms with Crippen molar-refractivity contribution in [1.29, 1.82) is 0 Å². The number of hydrogen-bond donors (Lipinski definition) is 2. The van der Waals surface area contributed by atoms with Gasteiger partial charge in [0, 0.05) is 23.0 Å². The molecule has 0 bridgehead atoms. The summed E-state index contributed by atoms with van der Waals surface area (Å²) in [5, 5.41) is 3.19. The quantitative estimate of drug-likeness (QED) is 0.715. The molecule has 2 aromatic carbocycles. The van der Waals surface area contributed by atoms with Gasteiger partial charge in [0.25, 0.3) is 5.91 Å². The monoisotopic (exact) mass is 424 g/mol. The highest BCUT2D eigenvalue weighted by Gasteiger charge is 2.26. The van der Waals surface area contributed by atoms with Crippen LogP contribution in [-0.2, 0) is 20.7 Å². The Morgan fingerprint density at radius 2 is 1.92 bits per heavy atom. The van der Waals surface area contributed by atoms with E-state index < -0.39 is 24.0 Å². The molecule has 0 aromatic heterocycles. The average molecular weight is 426 g/mol. The lowest BCUT2D eigenvalue weighted by atomic mass is 10.0. The zero-order valence-electron chi connectivity index (χ0n) is 13.5. The first-order valence-corrected chi connectivity index (χ1v) is 8.71. The number of amides is 2. The lowest BCUT2D eigenvalue weighted by Crippen LogP contribution is -2.47. The van der Waals surface area contributed by atoms with Gasteiger partial charge < -0.3 is 15.8 Å². The topological polar surface area (TPSA) is 81.4 Å². The third kappa shape index (κ3) is 5.29. The summed E-state index contributed by atoms with van der Waals surface area (Å²) >= 11 is 9.40. The van der Waals surface area contributed by atoms with Crippen LogP contribution in [0.15, 0.2) is 53.0 Å². The predicted molar refractivity (Wildman–Crippen MR) is 100 cm³/mol. The van der Waals surface area contributed by atoms with E-state index in [0.717, 1.165) is 10.0 Å². The van der Waals surface area contributed by atoms with Gasteiger partial charge in [-0.3, -0.25) is 9.59 Å². The first-order valence-electron chi connectivity index (χ1n) is 7.53. The molecule has 3 N–H and O–H groups in total. The summed E-state index contributed by atoms with van der Waals surface area (Å²) in [6.45, 7) is 0. The lowest BCUT2D eigenvalue weighted by molar-refractivity contribution is -0.134. The SMILES string of the molecule is CO[C@@H](C(=O)N[C@H](Cc1cc(Cl)ccc1Br)C(N)=O)c1ccccc1.